The van der Waals surface area contributed by atoms with Crippen molar-refractivity contribution in [2.75, 3.05) is 10.5 Å². The number of aryl methyl sites for hydroxylation is 1. The smallest absolute Gasteiger partial charge is 0.261 e. The van der Waals surface area contributed by atoms with E-state index < -0.39 is 10.0 Å². The molecule has 100 valence electrons. The van der Waals surface area contributed by atoms with Crippen molar-refractivity contribution >= 4 is 37.3 Å². The van der Waals surface area contributed by atoms with Gasteiger partial charge in [-0.1, -0.05) is 28.1 Å². The van der Waals surface area contributed by atoms with Crippen LogP contribution in [-0.4, -0.2) is 8.42 Å². The highest BCUT2D eigenvalue weighted by Gasteiger charge is 2.15. The molecular weight excluding hydrogens is 328 g/mol. The normalized spacial score (nSPS) is 11.3. The van der Waals surface area contributed by atoms with Crippen LogP contribution in [-0.2, 0) is 10.0 Å². The lowest BCUT2D eigenvalue weighted by atomic mass is 10.2. The molecule has 4 nitrogen and oxygen atoms in total. The first kappa shape index (κ1) is 13.9. The van der Waals surface area contributed by atoms with Crippen LogP contribution in [0.4, 0.5) is 11.4 Å². The van der Waals surface area contributed by atoms with Crippen molar-refractivity contribution in [2.45, 2.75) is 11.8 Å². The van der Waals surface area contributed by atoms with Crippen molar-refractivity contribution in [2.24, 2.45) is 0 Å². The Hall–Kier alpha value is -1.53. The Morgan fingerprint density at radius 1 is 1.16 bits per heavy atom. The average Bonchev–Trinajstić information content (AvgIpc) is 2.32. The van der Waals surface area contributed by atoms with Gasteiger partial charge >= 0.3 is 0 Å². The Morgan fingerprint density at radius 3 is 2.53 bits per heavy atom. The Bertz CT molecular complexity index is 714. The highest BCUT2D eigenvalue weighted by Crippen LogP contribution is 2.22. The number of benzene rings is 2. The fourth-order valence-electron chi connectivity index (χ4n) is 1.55. The molecular formula is C13H13BrN2O2S. The highest BCUT2D eigenvalue weighted by molar-refractivity contribution is 9.10. The lowest BCUT2D eigenvalue weighted by Gasteiger charge is -2.09. The lowest BCUT2D eigenvalue weighted by molar-refractivity contribution is 0.601. The molecule has 0 atom stereocenters. The van der Waals surface area contributed by atoms with Gasteiger partial charge in [0.15, 0.2) is 0 Å². The summed E-state index contributed by atoms with van der Waals surface area (Å²) in [6.45, 7) is 1.83. The number of halogens is 1. The van der Waals surface area contributed by atoms with Crippen LogP contribution in [0, 0.1) is 6.92 Å². The Morgan fingerprint density at radius 2 is 1.89 bits per heavy atom. The maximum atomic E-state index is 12.2. The molecule has 0 fully saturated rings. The quantitative estimate of drug-likeness (QED) is 0.843. The predicted octanol–water partition coefficient (Wildman–Crippen LogP) is 3.14. The number of nitrogen functional groups attached to an aromatic ring is 1. The lowest BCUT2D eigenvalue weighted by Crippen LogP contribution is -2.13. The molecule has 0 bridgehead atoms. The maximum Gasteiger partial charge on any atom is 0.261 e. The van der Waals surface area contributed by atoms with E-state index in [1.807, 2.05) is 13.0 Å². The summed E-state index contributed by atoms with van der Waals surface area (Å²) in [5.41, 5.74) is 7.53. The van der Waals surface area contributed by atoms with Crippen molar-refractivity contribution in [3.8, 4) is 0 Å². The molecule has 0 heterocycles. The van der Waals surface area contributed by atoms with Crippen LogP contribution in [0.25, 0.3) is 0 Å². The molecule has 0 aliphatic heterocycles. The fraction of sp³-hybridized carbons (Fsp3) is 0.0769. The zero-order valence-electron chi connectivity index (χ0n) is 10.2. The van der Waals surface area contributed by atoms with Crippen LogP contribution >= 0.6 is 15.9 Å². The van der Waals surface area contributed by atoms with Crippen LogP contribution in [0.15, 0.2) is 51.8 Å². The molecule has 2 aromatic rings. The van der Waals surface area contributed by atoms with Crippen molar-refractivity contribution in [1.29, 1.82) is 0 Å². The molecule has 3 N–H and O–H groups in total. The molecule has 19 heavy (non-hydrogen) atoms. The summed E-state index contributed by atoms with van der Waals surface area (Å²) < 4.78 is 27.7. The predicted molar refractivity (Wildman–Crippen MR) is 80.5 cm³/mol. The summed E-state index contributed by atoms with van der Waals surface area (Å²) in [6, 6.07) is 11.6. The van der Waals surface area contributed by atoms with Gasteiger partial charge in [0, 0.05) is 15.8 Å². The van der Waals surface area contributed by atoms with E-state index in [1.165, 1.54) is 12.1 Å². The van der Waals surface area contributed by atoms with Crippen LogP contribution < -0.4 is 10.5 Å². The fourth-order valence-corrected chi connectivity index (χ4v) is 3.04. The molecule has 0 spiro atoms. The molecule has 0 aliphatic carbocycles. The van der Waals surface area contributed by atoms with Gasteiger partial charge in [-0.2, -0.15) is 0 Å². The van der Waals surface area contributed by atoms with Crippen molar-refractivity contribution in [3.63, 3.8) is 0 Å². The van der Waals surface area contributed by atoms with E-state index in [0.717, 1.165) is 10.0 Å². The second kappa shape index (κ2) is 5.22. The van der Waals surface area contributed by atoms with E-state index in [-0.39, 0.29) is 4.90 Å². The summed E-state index contributed by atoms with van der Waals surface area (Å²) in [6.07, 6.45) is 0. The van der Waals surface area contributed by atoms with Gasteiger partial charge in [-0.05, 0) is 42.8 Å². The monoisotopic (exact) mass is 340 g/mol. The largest absolute Gasteiger partial charge is 0.398 e. The van der Waals surface area contributed by atoms with Crippen LogP contribution in [0.3, 0.4) is 0 Å². The van der Waals surface area contributed by atoms with E-state index in [1.54, 1.807) is 24.3 Å². The number of anilines is 2. The summed E-state index contributed by atoms with van der Waals surface area (Å²) >= 11 is 3.29. The summed E-state index contributed by atoms with van der Waals surface area (Å²) in [5.74, 6) is 0. The summed E-state index contributed by atoms with van der Waals surface area (Å²) in [5, 5.41) is 0. The standard InChI is InChI=1S/C13H13BrN2O2S/c1-9-5-6-12(8-13(9)15)19(17,18)16-11-4-2-3-10(14)7-11/h2-8,16H,15H2,1H3. The molecule has 2 aromatic carbocycles. The van der Waals surface area contributed by atoms with Crippen molar-refractivity contribution in [3.05, 3.63) is 52.5 Å². The molecule has 0 radical (unpaired) electrons. The Labute approximate surface area is 120 Å². The van der Waals surface area contributed by atoms with Crippen molar-refractivity contribution in [1.82, 2.24) is 0 Å². The molecule has 0 saturated carbocycles. The van der Waals surface area contributed by atoms with E-state index >= 15 is 0 Å². The zero-order valence-corrected chi connectivity index (χ0v) is 12.6. The van der Waals surface area contributed by atoms with Gasteiger partial charge in [0.25, 0.3) is 10.0 Å². The first-order chi connectivity index (χ1) is 8.88. The number of nitrogens with two attached hydrogens (primary N) is 1. The third kappa shape index (κ3) is 3.27. The number of hydrogen-bond acceptors (Lipinski definition) is 3. The van der Waals surface area contributed by atoms with Gasteiger partial charge in [0.2, 0.25) is 0 Å². The molecule has 0 aromatic heterocycles. The number of nitrogens with one attached hydrogen (secondary N) is 1. The Balaban J connectivity index is 2.35. The first-order valence-electron chi connectivity index (χ1n) is 5.53. The van der Waals surface area contributed by atoms with Gasteiger partial charge in [-0.15, -0.1) is 0 Å². The summed E-state index contributed by atoms with van der Waals surface area (Å²) in [4.78, 5) is 0.149. The zero-order chi connectivity index (χ0) is 14.0. The number of sulfonamides is 1. The second-order valence-electron chi connectivity index (χ2n) is 4.13. The molecule has 0 aliphatic rings. The molecule has 2 rings (SSSR count). The van der Waals surface area contributed by atoms with E-state index in [2.05, 4.69) is 20.7 Å². The SMILES string of the molecule is Cc1ccc(S(=O)(=O)Nc2cccc(Br)c2)cc1N. The summed E-state index contributed by atoms with van der Waals surface area (Å²) in [7, 11) is -3.62. The van der Waals surface area contributed by atoms with Gasteiger partial charge in [-0.25, -0.2) is 8.42 Å². The first-order valence-corrected chi connectivity index (χ1v) is 7.80. The minimum atomic E-state index is -3.62. The van der Waals surface area contributed by atoms with E-state index in [0.29, 0.717) is 11.4 Å². The third-order valence-corrected chi connectivity index (χ3v) is 4.51. The molecule has 0 saturated heterocycles. The Kier molecular flexibility index (Phi) is 3.82. The van der Waals surface area contributed by atoms with Gasteiger partial charge in [0.05, 0.1) is 4.90 Å². The molecule has 0 amide bonds. The number of rotatable bonds is 3. The van der Waals surface area contributed by atoms with Crippen molar-refractivity contribution < 1.29 is 8.42 Å². The van der Waals surface area contributed by atoms with Crippen LogP contribution in [0.5, 0.6) is 0 Å². The van der Waals surface area contributed by atoms with E-state index in [4.69, 9.17) is 5.73 Å². The minimum Gasteiger partial charge on any atom is -0.398 e. The average molecular weight is 341 g/mol. The van der Waals surface area contributed by atoms with Gasteiger partial charge < -0.3 is 5.73 Å². The number of hydrogen-bond donors (Lipinski definition) is 2. The van der Waals surface area contributed by atoms with Crippen LogP contribution in [0.2, 0.25) is 0 Å². The minimum absolute atomic E-state index is 0.149. The van der Waals surface area contributed by atoms with Gasteiger partial charge in [0.1, 0.15) is 0 Å². The second-order valence-corrected chi connectivity index (χ2v) is 6.73. The molecule has 0 unspecified atom stereocenters. The topological polar surface area (TPSA) is 72.2 Å². The highest BCUT2D eigenvalue weighted by atomic mass is 79.9. The molecule has 6 heteroatoms. The maximum absolute atomic E-state index is 12.2. The third-order valence-electron chi connectivity index (χ3n) is 2.64. The van der Waals surface area contributed by atoms with Crippen LogP contribution in [0.1, 0.15) is 5.56 Å². The van der Waals surface area contributed by atoms with E-state index in [9.17, 15) is 8.42 Å². The van der Waals surface area contributed by atoms with Gasteiger partial charge in [-0.3, -0.25) is 4.72 Å².